The van der Waals surface area contributed by atoms with E-state index in [9.17, 15) is 4.79 Å². The number of hydrogen-bond acceptors (Lipinski definition) is 4. The number of rotatable bonds is 3. The van der Waals surface area contributed by atoms with Crippen molar-refractivity contribution in [1.82, 2.24) is 19.9 Å². The van der Waals surface area contributed by atoms with Gasteiger partial charge in [0, 0.05) is 25.7 Å². The number of anilines is 1. The summed E-state index contributed by atoms with van der Waals surface area (Å²) < 4.78 is 2.01. The molecule has 2 aromatic rings. The number of aryl methyl sites for hydroxylation is 2. The van der Waals surface area contributed by atoms with E-state index in [0.29, 0.717) is 18.8 Å². The Hall–Kier alpha value is -2.11. The molecule has 0 radical (unpaired) electrons. The zero-order valence-electron chi connectivity index (χ0n) is 10.8. The number of nitrogen functional groups attached to an aromatic ring is 1. The van der Waals surface area contributed by atoms with Gasteiger partial charge in [0.1, 0.15) is 17.8 Å². The number of aromatic nitrogens is 3. The van der Waals surface area contributed by atoms with E-state index in [1.807, 2.05) is 18.4 Å². The largest absolute Gasteiger partial charge is 0.383 e. The molecule has 2 aromatic heterocycles. The number of hydrogen-bond donors (Lipinski definition) is 2. The fourth-order valence-corrected chi connectivity index (χ4v) is 2.11. The maximum absolute atomic E-state index is 11.3. The fourth-order valence-electron chi connectivity index (χ4n) is 2.11. The zero-order chi connectivity index (χ0) is 13.3. The second-order valence-electron chi connectivity index (χ2n) is 4.24. The van der Waals surface area contributed by atoms with Gasteiger partial charge in [0.05, 0.1) is 5.39 Å². The summed E-state index contributed by atoms with van der Waals surface area (Å²) in [5.74, 6) is 0.496. The normalized spacial score (nSPS) is 10.8. The molecule has 1 amide bonds. The zero-order valence-corrected chi connectivity index (χ0v) is 10.8. The average Bonchev–Trinajstić information content (AvgIpc) is 2.61. The summed E-state index contributed by atoms with van der Waals surface area (Å²) in [6, 6.07) is 0. The van der Waals surface area contributed by atoms with E-state index in [1.54, 1.807) is 7.05 Å². The third kappa shape index (κ3) is 1.90. The molecule has 2 heterocycles. The van der Waals surface area contributed by atoms with Crippen LogP contribution in [0.15, 0.2) is 6.33 Å². The Morgan fingerprint density at radius 1 is 1.44 bits per heavy atom. The number of amides is 1. The maximum atomic E-state index is 11.3. The Morgan fingerprint density at radius 3 is 2.83 bits per heavy atom. The van der Waals surface area contributed by atoms with E-state index in [-0.39, 0.29) is 5.91 Å². The first-order valence-corrected chi connectivity index (χ1v) is 5.82. The van der Waals surface area contributed by atoms with Crippen LogP contribution in [-0.2, 0) is 11.3 Å². The standard InChI is InChI=1S/C12H17N5O/c1-7-8(2)17(5-4-9(18)14-3)12-10(7)11(13)15-6-16-12/h6H,4-5H2,1-3H3,(H,14,18)(H2,13,15,16). The van der Waals surface area contributed by atoms with Gasteiger partial charge in [0.15, 0.2) is 0 Å². The SMILES string of the molecule is CNC(=O)CCn1c(C)c(C)c2c(N)ncnc21. The van der Waals surface area contributed by atoms with E-state index in [2.05, 4.69) is 15.3 Å². The molecule has 96 valence electrons. The first-order valence-electron chi connectivity index (χ1n) is 5.82. The quantitative estimate of drug-likeness (QED) is 0.838. The molecule has 0 fully saturated rings. The number of carbonyl (C=O) groups excluding carboxylic acids is 1. The van der Waals surface area contributed by atoms with Gasteiger partial charge in [-0.3, -0.25) is 4.79 Å². The molecule has 18 heavy (non-hydrogen) atoms. The van der Waals surface area contributed by atoms with Gasteiger partial charge in [-0.05, 0) is 19.4 Å². The molecular formula is C12H17N5O. The van der Waals surface area contributed by atoms with Crippen LogP contribution >= 0.6 is 0 Å². The van der Waals surface area contributed by atoms with Gasteiger partial charge < -0.3 is 15.6 Å². The molecule has 0 atom stereocenters. The molecule has 0 aliphatic rings. The van der Waals surface area contributed by atoms with Gasteiger partial charge in [-0.1, -0.05) is 0 Å². The van der Waals surface area contributed by atoms with E-state index in [1.165, 1.54) is 6.33 Å². The van der Waals surface area contributed by atoms with Gasteiger partial charge >= 0.3 is 0 Å². The Morgan fingerprint density at radius 2 is 2.17 bits per heavy atom. The highest BCUT2D eigenvalue weighted by Crippen LogP contribution is 2.26. The molecule has 0 aliphatic heterocycles. The van der Waals surface area contributed by atoms with Crippen molar-refractivity contribution in [3.05, 3.63) is 17.6 Å². The monoisotopic (exact) mass is 247 g/mol. The number of nitrogens with zero attached hydrogens (tertiary/aromatic N) is 3. The van der Waals surface area contributed by atoms with Crippen LogP contribution in [0.2, 0.25) is 0 Å². The number of nitrogens with one attached hydrogen (secondary N) is 1. The van der Waals surface area contributed by atoms with E-state index >= 15 is 0 Å². The summed E-state index contributed by atoms with van der Waals surface area (Å²) in [6.07, 6.45) is 1.87. The number of nitrogens with two attached hydrogens (primary N) is 1. The summed E-state index contributed by atoms with van der Waals surface area (Å²) in [6.45, 7) is 4.58. The highest BCUT2D eigenvalue weighted by molar-refractivity contribution is 5.90. The second-order valence-corrected chi connectivity index (χ2v) is 4.24. The lowest BCUT2D eigenvalue weighted by Gasteiger charge is -2.06. The first-order chi connectivity index (χ1) is 8.56. The van der Waals surface area contributed by atoms with Gasteiger partial charge in [-0.15, -0.1) is 0 Å². The molecule has 0 saturated carbocycles. The minimum absolute atomic E-state index is 0.0101. The molecular weight excluding hydrogens is 230 g/mol. The highest BCUT2D eigenvalue weighted by atomic mass is 16.1. The lowest BCUT2D eigenvalue weighted by Crippen LogP contribution is -2.19. The molecule has 6 nitrogen and oxygen atoms in total. The van der Waals surface area contributed by atoms with E-state index < -0.39 is 0 Å². The third-order valence-electron chi connectivity index (χ3n) is 3.28. The minimum Gasteiger partial charge on any atom is -0.383 e. The van der Waals surface area contributed by atoms with Crippen molar-refractivity contribution in [2.45, 2.75) is 26.8 Å². The Kier molecular flexibility index (Phi) is 3.18. The van der Waals surface area contributed by atoms with Crippen molar-refractivity contribution in [1.29, 1.82) is 0 Å². The van der Waals surface area contributed by atoms with Crippen LogP contribution in [0.3, 0.4) is 0 Å². The Bertz CT molecular complexity index is 602. The van der Waals surface area contributed by atoms with Crippen LogP contribution in [0.25, 0.3) is 11.0 Å². The summed E-state index contributed by atoms with van der Waals surface area (Å²) in [4.78, 5) is 19.6. The van der Waals surface area contributed by atoms with Crippen LogP contribution in [0, 0.1) is 13.8 Å². The minimum atomic E-state index is 0.0101. The molecule has 0 aliphatic carbocycles. The van der Waals surface area contributed by atoms with Gasteiger partial charge in [-0.2, -0.15) is 0 Å². The Labute approximate surface area is 105 Å². The predicted octanol–water partition coefficient (Wildman–Crippen LogP) is 0.766. The van der Waals surface area contributed by atoms with Crippen LogP contribution in [0.5, 0.6) is 0 Å². The molecule has 0 aromatic carbocycles. The number of carbonyl (C=O) groups is 1. The second kappa shape index (κ2) is 4.64. The predicted molar refractivity (Wildman–Crippen MR) is 70.1 cm³/mol. The molecule has 3 N–H and O–H groups in total. The Balaban J connectivity index is 2.47. The van der Waals surface area contributed by atoms with Gasteiger partial charge in [0.25, 0.3) is 0 Å². The van der Waals surface area contributed by atoms with Crippen molar-refractivity contribution >= 4 is 22.8 Å². The molecule has 0 saturated heterocycles. The van der Waals surface area contributed by atoms with Crippen molar-refractivity contribution in [3.8, 4) is 0 Å². The van der Waals surface area contributed by atoms with Crippen molar-refractivity contribution in [3.63, 3.8) is 0 Å². The van der Waals surface area contributed by atoms with Crippen LogP contribution in [-0.4, -0.2) is 27.5 Å². The lowest BCUT2D eigenvalue weighted by atomic mass is 10.2. The van der Waals surface area contributed by atoms with Crippen LogP contribution < -0.4 is 11.1 Å². The van der Waals surface area contributed by atoms with Crippen molar-refractivity contribution in [2.75, 3.05) is 12.8 Å². The molecule has 0 spiro atoms. The van der Waals surface area contributed by atoms with Crippen molar-refractivity contribution < 1.29 is 4.79 Å². The smallest absolute Gasteiger partial charge is 0.221 e. The van der Waals surface area contributed by atoms with Gasteiger partial charge in [-0.25, -0.2) is 9.97 Å². The molecule has 0 unspecified atom stereocenters. The maximum Gasteiger partial charge on any atom is 0.221 e. The summed E-state index contributed by atoms with van der Waals surface area (Å²) in [5.41, 5.74) is 8.81. The van der Waals surface area contributed by atoms with E-state index in [0.717, 1.165) is 22.3 Å². The first kappa shape index (κ1) is 12.3. The molecule has 0 bridgehead atoms. The van der Waals surface area contributed by atoms with Crippen LogP contribution in [0.4, 0.5) is 5.82 Å². The van der Waals surface area contributed by atoms with E-state index in [4.69, 9.17) is 5.73 Å². The van der Waals surface area contributed by atoms with Crippen LogP contribution in [0.1, 0.15) is 17.7 Å². The lowest BCUT2D eigenvalue weighted by molar-refractivity contribution is -0.120. The highest BCUT2D eigenvalue weighted by Gasteiger charge is 2.15. The molecule has 6 heteroatoms. The summed E-state index contributed by atoms with van der Waals surface area (Å²) in [7, 11) is 1.63. The summed E-state index contributed by atoms with van der Waals surface area (Å²) in [5, 5.41) is 3.49. The number of fused-ring (bicyclic) bond motifs is 1. The third-order valence-corrected chi connectivity index (χ3v) is 3.28. The van der Waals surface area contributed by atoms with Crippen molar-refractivity contribution in [2.24, 2.45) is 0 Å². The molecule has 2 rings (SSSR count). The summed E-state index contributed by atoms with van der Waals surface area (Å²) >= 11 is 0. The average molecular weight is 247 g/mol. The topological polar surface area (TPSA) is 85.8 Å². The van der Waals surface area contributed by atoms with Gasteiger partial charge in [0.2, 0.25) is 5.91 Å². The fraction of sp³-hybridized carbons (Fsp3) is 0.417.